The fourth-order valence-electron chi connectivity index (χ4n) is 1.74. The minimum Gasteiger partial charge on any atom is -0.488 e. The molecule has 1 N–H and O–H groups in total. The van der Waals surface area contributed by atoms with Crippen molar-refractivity contribution in [2.24, 2.45) is 5.41 Å². The third-order valence-corrected chi connectivity index (χ3v) is 3.69. The highest BCUT2D eigenvalue weighted by molar-refractivity contribution is 7.03. The Labute approximate surface area is 132 Å². The van der Waals surface area contributed by atoms with E-state index in [-0.39, 0.29) is 35.4 Å². The van der Waals surface area contributed by atoms with E-state index in [1.165, 1.54) is 6.07 Å². The summed E-state index contributed by atoms with van der Waals surface area (Å²) in [6.07, 6.45) is 0. The molecule has 1 amide bonds. The van der Waals surface area contributed by atoms with Crippen molar-refractivity contribution in [1.29, 1.82) is 0 Å². The number of hydrogen-bond acceptors (Lipinski definition) is 5. The summed E-state index contributed by atoms with van der Waals surface area (Å²) in [6.45, 7) is 6.08. The second-order valence-electron chi connectivity index (χ2n) is 5.92. The maximum atomic E-state index is 13.6. The van der Waals surface area contributed by atoms with E-state index in [2.05, 4.69) is 14.9 Å². The molecule has 2 rings (SSSR count). The van der Waals surface area contributed by atoms with E-state index in [0.29, 0.717) is 0 Å². The lowest BCUT2D eigenvalue weighted by Gasteiger charge is -2.31. The van der Waals surface area contributed by atoms with E-state index < -0.39 is 5.82 Å². The molecule has 1 aromatic carbocycles. The van der Waals surface area contributed by atoms with Gasteiger partial charge in [0, 0.05) is 5.38 Å². The molecule has 1 atom stereocenters. The highest BCUT2D eigenvalue weighted by Gasteiger charge is 2.28. The number of ether oxygens (including phenoxy) is 1. The smallest absolute Gasteiger partial charge is 0.273 e. The number of benzene rings is 1. The predicted molar refractivity (Wildman–Crippen MR) is 82.5 cm³/mol. The molecular weight excluding hydrogens is 305 g/mol. The van der Waals surface area contributed by atoms with Crippen molar-refractivity contribution >= 4 is 17.4 Å². The molecule has 0 bridgehead atoms. The Kier molecular flexibility index (Phi) is 5.07. The van der Waals surface area contributed by atoms with Crippen LogP contribution in [0, 0.1) is 11.2 Å². The van der Waals surface area contributed by atoms with Gasteiger partial charge in [-0.15, -0.1) is 5.10 Å². The number of amides is 1. The number of para-hydroxylation sites is 1. The summed E-state index contributed by atoms with van der Waals surface area (Å²) < 4.78 is 22.8. The zero-order chi connectivity index (χ0) is 16.2. The van der Waals surface area contributed by atoms with Gasteiger partial charge in [-0.3, -0.25) is 4.79 Å². The van der Waals surface area contributed by atoms with Crippen molar-refractivity contribution < 1.29 is 13.9 Å². The van der Waals surface area contributed by atoms with Crippen LogP contribution in [-0.4, -0.2) is 28.1 Å². The van der Waals surface area contributed by atoms with Crippen LogP contribution in [0.25, 0.3) is 0 Å². The number of carbonyl (C=O) groups excluding carboxylic acids is 1. The van der Waals surface area contributed by atoms with Crippen molar-refractivity contribution in [2.45, 2.75) is 26.8 Å². The maximum absolute atomic E-state index is 13.6. The Morgan fingerprint density at radius 2 is 2.14 bits per heavy atom. The Morgan fingerprint density at radius 3 is 2.73 bits per heavy atom. The average molecular weight is 323 g/mol. The molecule has 0 aliphatic rings. The molecule has 0 saturated heterocycles. The van der Waals surface area contributed by atoms with Crippen LogP contribution >= 0.6 is 11.5 Å². The highest BCUT2D eigenvalue weighted by atomic mass is 32.1. The zero-order valence-corrected chi connectivity index (χ0v) is 13.5. The van der Waals surface area contributed by atoms with Crippen LogP contribution in [0.2, 0.25) is 0 Å². The number of aromatic nitrogens is 2. The summed E-state index contributed by atoms with van der Waals surface area (Å²) in [6, 6.07) is 5.88. The molecule has 1 heterocycles. The first kappa shape index (κ1) is 16.4. The molecule has 7 heteroatoms. The van der Waals surface area contributed by atoms with Gasteiger partial charge < -0.3 is 10.1 Å². The standard InChI is InChI=1S/C15H18FN3O2S/c1-15(2,3)13(17-14(20)11-9-22-19-18-11)8-21-12-7-5-4-6-10(12)16/h4-7,9,13H,8H2,1-3H3,(H,17,20)/t13-/m0/s1. The van der Waals surface area contributed by atoms with Gasteiger partial charge in [0.25, 0.3) is 5.91 Å². The van der Waals surface area contributed by atoms with E-state index in [1.807, 2.05) is 20.8 Å². The van der Waals surface area contributed by atoms with Crippen molar-refractivity contribution in [3.05, 3.63) is 41.2 Å². The highest BCUT2D eigenvalue weighted by Crippen LogP contribution is 2.22. The summed E-state index contributed by atoms with van der Waals surface area (Å²) >= 11 is 1.11. The molecule has 22 heavy (non-hydrogen) atoms. The Morgan fingerprint density at radius 1 is 1.41 bits per heavy atom. The summed E-state index contributed by atoms with van der Waals surface area (Å²) in [5.74, 6) is -0.572. The fraction of sp³-hybridized carbons (Fsp3) is 0.400. The topological polar surface area (TPSA) is 64.1 Å². The average Bonchev–Trinajstić information content (AvgIpc) is 2.97. The van der Waals surface area contributed by atoms with Crippen molar-refractivity contribution in [3.63, 3.8) is 0 Å². The lowest BCUT2D eigenvalue weighted by molar-refractivity contribution is 0.0855. The SMILES string of the molecule is CC(C)(C)[C@H](COc1ccccc1F)NC(=O)c1csnn1. The minimum absolute atomic E-state index is 0.160. The van der Waals surface area contributed by atoms with Gasteiger partial charge in [0.1, 0.15) is 6.61 Å². The largest absolute Gasteiger partial charge is 0.488 e. The van der Waals surface area contributed by atoms with Crippen molar-refractivity contribution in [1.82, 2.24) is 14.9 Å². The molecule has 0 spiro atoms. The molecule has 0 saturated carbocycles. The summed E-state index contributed by atoms with van der Waals surface area (Å²) in [7, 11) is 0. The molecule has 0 unspecified atom stereocenters. The molecule has 0 aliphatic carbocycles. The second kappa shape index (κ2) is 6.83. The van der Waals surface area contributed by atoms with Gasteiger partial charge in [-0.05, 0) is 29.1 Å². The van der Waals surface area contributed by atoms with Gasteiger partial charge in [0.2, 0.25) is 0 Å². The fourth-order valence-corrected chi connectivity index (χ4v) is 2.18. The Hall–Kier alpha value is -2.02. The molecule has 0 radical (unpaired) electrons. The van der Waals surface area contributed by atoms with Crippen LogP contribution < -0.4 is 10.1 Å². The van der Waals surface area contributed by atoms with E-state index in [1.54, 1.807) is 23.6 Å². The van der Waals surface area contributed by atoms with E-state index in [4.69, 9.17) is 4.74 Å². The monoisotopic (exact) mass is 323 g/mol. The number of hydrogen-bond donors (Lipinski definition) is 1. The third kappa shape index (κ3) is 4.24. The number of nitrogens with one attached hydrogen (secondary N) is 1. The van der Waals surface area contributed by atoms with Gasteiger partial charge in [0.15, 0.2) is 17.3 Å². The van der Waals surface area contributed by atoms with Crippen LogP contribution in [0.4, 0.5) is 4.39 Å². The number of carbonyl (C=O) groups is 1. The van der Waals surface area contributed by atoms with E-state index in [9.17, 15) is 9.18 Å². The summed E-state index contributed by atoms with van der Waals surface area (Å²) in [4.78, 5) is 12.1. The van der Waals surface area contributed by atoms with Crippen LogP contribution in [0.1, 0.15) is 31.3 Å². The lowest BCUT2D eigenvalue weighted by atomic mass is 9.87. The van der Waals surface area contributed by atoms with Crippen LogP contribution in [0.3, 0.4) is 0 Å². The number of nitrogens with zero attached hydrogens (tertiary/aromatic N) is 2. The predicted octanol–water partition coefficient (Wildman–Crippen LogP) is 2.90. The molecule has 1 aromatic heterocycles. The third-order valence-electron chi connectivity index (χ3n) is 3.19. The van der Waals surface area contributed by atoms with Crippen molar-refractivity contribution in [3.8, 4) is 5.75 Å². The number of halogens is 1. The first-order valence-corrected chi connectivity index (χ1v) is 7.67. The van der Waals surface area contributed by atoms with Gasteiger partial charge in [-0.2, -0.15) is 0 Å². The molecular formula is C15H18FN3O2S. The van der Waals surface area contributed by atoms with Gasteiger partial charge in [0.05, 0.1) is 6.04 Å². The summed E-state index contributed by atoms with van der Waals surface area (Å²) in [5, 5.41) is 8.18. The van der Waals surface area contributed by atoms with Gasteiger partial charge >= 0.3 is 0 Å². The molecule has 118 valence electrons. The zero-order valence-electron chi connectivity index (χ0n) is 12.7. The van der Waals surface area contributed by atoms with Crippen LogP contribution in [0.15, 0.2) is 29.6 Å². The van der Waals surface area contributed by atoms with E-state index >= 15 is 0 Å². The Bertz CT molecular complexity index is 626. The van der Waals surface area contributed by atoms with Crippen molar-refractivity contribution in [2.75, 3.05) is 6.61 Å². The molecule has 2 aromatic rings. The first-order chi connectivity index (χ1) is 10.4. The molecule has 0 fully saturated rings. The normalized spacial score (nSPS) is 12.7. The van der Waals surface area contributed by atoms with Gasteiger partial charge in [-0.1, -0.05) is 37.4 Å². The van der Waals surface area contributed by atoms with E-state index in [0.717, 1.165) is 11.5 Å². The maximum Gasteiger partial charge on any atom is 0.273 e. The van der Waals surface area contributed by atoms with Gasteiger partial charge in [-0.25, -0.2) is 4.39 Å². The first-order valence-electron chi connectivity index (χ1n) is 6.83. The quantitative estimate of drug-likeness (QED) is 0.919. The molecule has 0 aliphatic heterocycles. The summed E-state index contributed by atoms with van der Waals surface area (Å²) in [5.41, 5.74) is 0.00909. The Balaban J connectivity index is 2.04. The molecule has 5 nitrogen and oxygen atoms in total. The second-order valence-corrected chi connectivity index (χ2v) is 6.53. The minimum atomic E-state index is -0.426. The van der Waals surface area contributed by atoms with Crippen LogP contribution in [-0.2, 0) is 0 Å². The van der Waals surface area contributed by atoms with Crippen LogP contribution in [0.5, 0.6) is 5.75 Å². The lowest BCUT2D eigenvalue weighted by Crippen LogP contribution is -2.47. The number of rotatable bonds is 5.